The molecule has 2 aromatic rings. The van der Waals surface area contributed by atoms with E-state index in [1.807, 2.05) is 50.2 Å². The average molecular weight is 481 g/mol. The van der Waals surface area contributed by atoms with Crippen molar-refractivity contribution < 1.29 is 29.0 Å². The summed E-state index contributed by atoms with van der Waals surface area (Å²) >= 11 is 0. The molecule has 1 fully saturated rings. The molecule has 1 saturated heterocycles. The van der Waals surface area contributed by atoms with Crippen molar-refractivity contribution >= 4 is 18.0 Å². The van der Waals surface area contributed by atoms with Gasteiger partial charge in [0.1, 0.15) is 18.1 Å². The molecule has 8 heteroatoms. The van der Waals surface area contributed by atoms with Crippen LogP contribution in [0, 0.1) is 11.3 Å². The van der Waals surface area contributed by atoms with Gasteiger partial charge in [-0.1, -0.05) is 62.4 Å². The number of hydrogen-bond donors (Lipinski definition) is 2. The molecule has 0 radical (unpaired) electrons. The zero-order valence-corrected chi connectivity index (χ0v) is 20.3. The number of fused-ring (bicyclic) bond motifs is 3. The Morgan fingerprint density at radius 1 is 1.09 bits per heavy atom. The monoisotopic (exact) mass is 480 g/mol. The molecule has 4 rings (SSSR count). The molecule has 35 heavy (non-hydrogen) atoms. The van der Waals surface area contributed by atoms with Crippen molar-refractivity contribution in [3.05, 3.63) is 59.7 Å². The Kier molecular flexibility index (Phi) is 7.12. The van der Waals surface area contributed by atoms with Gasteiger partial charge >= 0.3 is 12.1 Å². The molecule has 1 heterocycles. The molecule has 0 aromatic heterocycles. The number of aliphatic carboxylic acids is 1. The number of carbonyl (C=O) groups excluding carboxylic acids is 2. The quantitative estimate of drug-likeness (QED) is 0.599. The summed E-state index contributed by atoms with van der Waals surface area (Å²) in [6.07, 6.45) is -0.364. The number of methoxy groups -OCH3 is 1. The van der Waals surface area contributed by atoms with Gasteiger partial charge in [0.15, 0.2) is 0 Å². The Morgan fingerprint density at radius 2 is 1.69 bits per heavy atom. The zero-order chi connectivity index (χ0) is 25.2. The van der Waals surface area contributed by atoms with Crippen LogP contribution in [-0.2, 0) is 19.1 Å². The van der Waals surface area contributed by atoms with Crippen LogP contribution in [0.1, 0.15) is 37.3 Å². The minimum absolute atomic E-state index is 0.0261. The summed E-state index contributed by atoms with van der Waals surface area (Å²) in [7, 11) is 1.45. The molecule has 1 aliphatic heterocycles. The Morgan fingerprint density at radius 3 is 2.23 bits per heavy atom. The summed E-state index contributed by atoms with van der Waals surface area (Å²) in [6, 6.07) is 15.3. The predicted molar refractivity (Wildman–Crippen MR) is 130 cm³/mol. The number of amides is 2. The first kappa shape index (κ1) is 24.7. The Hall–Kier alpha value is -3.39. The summed E-state index contributed by atoms with van der Waals surface area (Å²) in [6.45, 7) is 4.19. The van der Waals surface area contributed by atoms with E-state index >= 15 is 0 Å². The largest absolute Gasteiger partial charge is 0.481 e. The van der Waals surface area contributed by atoms with Crippen LogP contribution in [0.2, 0.25) is 0 Å². The van der Waals surface area contributed by atoms with Gasteiger partial charge in [0.05, 0.1) is 6.61 Å². The van der Waals surface area contributed by atoms with Gasteiger partial charge in [-0.05, 0) is 34.6 Å². The fraction of sp³-hybridized carbons (Fsp3) is 0.444. The molecular formula is C27H32N2O6. The number of carboxylic acids is 1. The van der Waals surface area contributed by atoms with E-state index in [9.17, 15) is 19.5 Å². The zero-order valence-electron chi connectivity index (χ0n) is 20.3. The lowest BCUT2D eigenvalue weighted by Gasteiger charge is -2.28. The molecule has 2 atom stereocenters. The number of ether oxygens (including phenoxy) is 2. The third-order valence-electron chi connectivity index (χ3n) is 7.09. The second-order valence-electron chi connectivity index (χ2n) is 9.72. The maximum atomic E-state index is 13.2. The Bertz CT molecular complexity index is 1070. The van der Waals surface area contributed by atoms with Crippen molar-refractivity contribution in [3.63, 3.8) is 0 Å². The van der Waals surface area contributed by atoms with E-state index in [2.05, 4.69) is 17.4 Å². The van der Waals surface area contributed by atoms with Gasteiger partial charge in [-0.15, -0.1) is 0 Å². The van der Waals surface area contributed by atoms with E-state index in [0.29, 0.717) is 13.0 Å². The van der Waals surface area contributed by atoms with Crippen molar-refractivity contribution in [1.29, 1.82) is 0 Å². The fourth-order valence-corrected chi connectivity index (χ4v) is 5.17. The second-order valence-corrected chi connectivity index (χ2v) is 9.72. The van der Waals surface area contributed by atoms with Gasteiger partial charge in [-0.3, -0.25) is 9.59 Å². The van der Waals surface area contributed by atoms with Crippen molar-refractivity contribution in [3.8, 4) is 11.1 Å². The molecule has 186 valence electrons. The van der Waals surface area contributed by atoms with Crippen LogP contribution in [0.4, 0.5) is 4.79 Å². The molecule has 2 N–H and O–H groups in total. The summed E-state index contributed by atoms with van der Waals surface area (Å²) in [5.41, 5.74) is 3.37. The van der Waals surface area contributed by atoms with Gasteiger partial charge in [0, 0.05) is 26.1 Å². The van der Waals surface area contributed by atoms with Crippen LogP contribution < -0.4 is 5.32 Å². The number of benzene rings is 2. The van der Waals surface area contributed by atoms with E-state index in [1.165, 1.54) is 12.0 Å². The molecule has 2 aromatic carbocycles. The Balaban J connectivity index is 1.41. The van der Waals surface area contributed by atoms with Crippen LogP contribution in [-0.4, -0.2) is 67.4 Å². The molecule has 2 aliphatic rings. The summed E-state index contributed by atoms with van der Waals surface area (Å²) < 4.78 is 10.7. The number of likely N-dealkylation sites (tertiary alicyclic amines) is 1. The first-order chi connectivity index (χ1) is 16.8. The molecule has 8 nitrogen and oxygen atoms in total. The number of rotatable bonds is 8. The lowest BCUT2D eigenvalue weighted by Crippen LogP contribution is -2.52. The fourth-order valence-electron chi connectivity index (χ4n) is 5.17. The van der Waals surface area contributed by atoms with Crippen molar-refractivity contribution in [2.24, 2.45) is 11.3 Å². The predicted octanol–water partition coefficient (Wildman–Crippen LogP) is 3.50. The summed E-state index contributed by atoms with van der Waals surface area (Å²) in [4.78, 5) is 39.4. The topological polar surface area (TPSA) is 105 Å². The Labute approximate surface area is 205 Å². The molecule has 2 unspecified atom stereocenters. The van der Waals surface area contributed by atoms with E-state index in [1.54, 1.807) is 0 Å². The van der Waals surface area contributed by atoms with Crippen LogP contribution in [0.25, 0.3) is 11.1 Å². The molecule has 0 bridgehead atoms. The SMILES string of the molecule is COCC1(C(=O)O)CCN(C(=O)C(NC(=O)OCC2c3ccccc3-c3ccccc32)C(C)C)C1. The van der Waals surface area contributed by atoms with E-state index in [4.69, 9.17) is 9.47 Å². The number of carboxylic acid groups (broad SMARTS) is 1. The highest BCUT2D eigenvalue weighted by Crippen LogP contribution is 2.44. The van der Waals surface area contributed by atoms with E-state index in [-0.39, 0.29) is 37.5 Å². The van der Waals surface area contributed by atoms with Crippen LogP contribution >= 0.6 is 0 Å². The highest BCUT2D eigenvalue weighted by molar-refractivity contribution is 5.87. The van der Waals surface area contributed by atoms with Crippen molar-refractivity contribution in [2.45, 2.75) is 32.2 Å². The van der Waals surface area contributed by atoms with E-state index < -0.39 is 23.5 Å². The summed E-state index contributed by atoms with van der Waals surface area (Å²) in [5, 5.41) is 12.4. The average Bonchev–Trinajstić information content (AvgIpc) is 3.41. The molecule has 0 saturated carbocycles. The van der Waals surface area contributed by atoms with E-state index in [0.717, 1.165) is 22.3 Å². The number of nitrogens with one attached hydrogen (secondary N) is 1. The van der Waals surface area contributed by atoms with Gasteiger partial charge < -0.3 is 24.8 Å². The van der Waals surface area contributed by atoms with Gasteiger partial charge in [-0.2, -0.15) is 0 Å². The maximum absolute atomic E-state index is 13.2. The normalized spacial score (nSPS) is 19.8. The van der Waals surface area contributed by atoms with Crippen molar-refractivity contribution in [1.82, 2.24) is 10.2 Å². The number of alkyl carbamates (subject to hydrolysis) is 1. The second kappa shape index (κ2) is 10.1. The standard InChI is InChI=1S/C27H32N2O6/c1-17(2)23(24(30)29-13-12-27(15-29,16-34-3)25(31)32)28-26(33)35-14-22-20-10-6-4-8-18(20)19-9-5-7-11-21(19)22/h4-11,17,22-23H,12-16H2,1-3H3,(H,28,33)(H,31,32). The summed E-state index contributed by atoms with van der Waals surface area (Å²) in [5.74, 6) is -1.58. The highest BCUT2D eigenvalue weighted by atomic mass is 16.5. The highest BCUT2D eigenvalue weighted by Gasteiger charge is 2.47. The first-order valence-electron chi connectivity index (χ1n) is 11.9. The lowest BCUT2D eigenvalue weighted by atomic mass is 9.88. The first-order valence-corrected chi connectivity index (χ1v) is 11.9. The minimum atomic E-state index is -1.13. The van der Waals surface area contributed by atoms with Gasteiger partial charge in [0.25, 0.3) is 0 Å². The number of carbonyl (C=O) groups is 3. The maximum Gasteiger partial charge on any atom is 0.407 e. The van der Waals surface area contributed by atoms with Crippen molar-refractivity contribution in [2.75, 3.05) is 33.4 Å². The third-order valence-corrected chi connectivity index (χ3v) is 7.09. The van der Waals surface area contributed by atoms with Gasteiger partial charge in [0.2, 0.25) is 5.91 Å². The third kappa shape index (κ3) is 4.75. The van der Waals surface area contributed by atoms with Crippen LogP contribution in [0.5, 0.6) is 0 Å². The minimum Gasteiger partial charge on any atom is -0.481 e. The van der Waals surface area contributed by atoms with Crippen LogP contribution in [0.3, 0.4) is 0 Å². The number of nitrogens with zero attached hydrogens (tertiary/aromatic N) is 1. The lowest BCUT2D eigenvalue weighted by molar-refractivity contribution is -0.151. The molecule has 1 aliphatic carbocycles. The molecular weight excluding hydrogens is 448 g/mol. The van der Waals surface area contributed by atoms with Crippen LogP contribution in [0.15, 0.2) is 48.5 Å². The number of hydrogen-bond acceptors (Lipinski definition) is 5. The molecule has 0 spiro atoms. The smallest absolute Gasteiger partial charge is 0.407 e. The molecule has 2 amide bonds. The van der Waals surface area contributed by atoms with Gasteiger partial charge in [-0.25, -0.2) is 4.79 Å².